The van der Waals surface area contributed by atoms with E-state index >= 15 is 0 Å². The number of para-hydroxylation sites is 3. The van der Waals surface area contributed by atoms with Crippen LogP contribution in [0.4, 0.5) is 10.1 Å². The Morgan fingerprint density at radius 2 is 1.83 bits per heavy atom. The second-order valence-electron chi connectivity index (χ2n) is 6.66. The summed E-state index contributed by atoms with van der Waals surface area (Å²) < 4.78 is 20.7. The summed E-state index contributed by atoms with van der Waals surface area (Å²) in [7, 11) is 0. The normalized spacial score (nSPS) is 11.2. The van der Waals surface area contributed by atoms with Gasteiger partial charge in [-0.05, 0) is 37.3 Å². The molecule has 4 nitrogen and oxygen atoms in total. The highest BCUT2D eigenvalue weighted by atomic mass is 32.1. The maximum atomic E-state index is 14.0. The lowest BCUT2D eigenvalue weighted by molar-refractivity contribution is 0.0998. The molecule has 0 atom stereocenters. The van der Waals surface area contributed by atoms with Crippen LogP contribution in [0.15, 0.2) is 71.1 Å². The number of thiazole rings is 1. The number of amides is 1. The van der Waals surface area contributed by atoms with Gasteiger partial charge in [0.05, 0.1) is 15.9 Å². The smallest absolute Gasteiger partial charge is 0.291 e. The van der Waals surface area contributed by atoms with Gasteiger partial charge in [-0.15, -0.1) is 11.3 Å². The van der Waals surface area contributed by atoms with Gasteiger partial charge in [0.1, 0.15) is 5.01 Å². The van der Waals surface area contributed by atoms with E-state index in [1.807, 2.05) is 48.5 Å². The van der Waals surface area contributed by atoms with Crippen LogP contribution in [0.3, 0.4) is 0 Å². The predicted molar refractivity (Wildman–Crippen MR) is 114 cm³/mol. The van der Waals surface area contributed by atoms with Gasteiger partial charge in [0.15, 0.2) is 17.2 Å². The lowest BCUT2D eigenvalue weighted by Crippen LogP contribution is -2.12. The average molecular weight is 402 g/mol. The number of nitrogens with one attached hydrogen (secondary N) is 1. The second-order valence-corrected chi connectivity index (χ2v) is 7.69. The Kier molecular flexibility index (Phi) is 4.14. The summed E-state index contributed by atoms with van der Waals surface area (Å²) in [6.45, 7) is 1.75. The van der Waals surface area contributed by atoms with E-state index in [2.05, 4.69) is 10.3 Å². The molecule has 0 aliphatic carbocycles. The third kappa shape index (κ3) is 2.98. The van der Waals surface area contributed by atoms with E-state index in [0.29, 0.717) is 16.6 Å². The first-order chi connectivity index (χ1) is 14.1. The van der Waals surface area contributed by atoms with E-state index in [4.69, 9.17) is 4.42 Å². The lowest BCUT2D eigenvalue weighted by atomic mass is 10.1. The standard InChI is InChI=1S/C23H15FN2O2S/c1-13-14-8-6-9-16(24)21(14)28-20(13)22(27)25-17-10-3-2-7-15(17)23-26-18-11-4-5-12-19(18)29-23/h2-12H,1H3,(H,25,27). The highest BCUT2D eigenvalue weighted by molar-refractivity contribution is 7.21. The first-order valence-electron chi connectivity index (χ1n) is 9.06. The van der Waals surface area contributed by atoms with Crippen LogP contribution in [-0.4, -0.2) is 10.9 Å². The van der Waals surface area contributed by atoms with Crippen LogP contribution in [0.5, 0.6) is 0 Å². The van der Waals surface area contributed by atoms with Gasteiger partial charge < -0.3 is 9.73 Å². The summed E-state index contributed by atoms with van der Waals surface area (Å²) in [6.07, 6.45) is 0. The van der Waals surface area contributed by atoms with Gasteiger partial charge in [0.2, 0.25) is 0 Å². The molecule has 6 heteroatoms. The Hall–Kier alpha value is -3.51. The average Bonchev–Trinajstić information content (AvgIpc) is 3.31. The number of benzene rings is 3. The Morgan fingerprint density at radius 1 is 1.03 bits per heavy atom. The van der Waals surface area contributed by atoms with Gasteiger partial charge in [0, 0.05) is 16.5 Å². The van der Waals surface area contributed by atoms with Crippen molar-refractivity contribution >= 4 is 44.1 Å². The van der Waals surface area contributed by atoms with Crippen LogP contribution in [0.1, 0.15) is 16.1 Å². The topological polar surface area (TPSA) is 55.1 Å². The predicted octanol–water partition coefficient (Wildman–Crippen LogP) is 6.41. The third-order valence-corrected chi connectivity index (χ3v) is 5.89. The van der Waals surface area contributed by atoms with Crippen LogP contribution in [0, 0.1) is 12.7 Å². The minimum Gasteiger partial charge on any atom is -0.448 e. The number of furan rings is 1. The van der Waals surface area contributed by atoms with Crippen LogP contribution in [0.25, 0.3) is 31.8 Å². The van der Waals surface area contributed by atoms with E-state index in [-0.39, 0.29) is 11.3 Å². The monoisotopic (exact) mass is 402 g/mol. The zero-order chi connectivity index (χ0) is 20.0. The van der Waals surface area contributed by atoms with Crippen molar-refractivity contribution in [2.24, 2.45) is 0 Å². The van der Waals surface area contributed by atoms with E-state index in [0.717, 1.165) is 20.8 Å². The SMILES string of the molecule is Cc1c(C(=O)Nc2ccccc2-c2nc3ccccc3s2)oc2c(F)cccc12. The molecule has 2 heterocycles. The molecule has 0 aliphatic rings. The summed E-state index contributed by atoms with van der Waals surface area (Å²) in [5, 5.41) is 4.31. The number of nitrogens with zero attached hydrogens (tertiary/aromatic N) is 1. The van der Waals surface area contributed by atoms with Crippen molar-refractivity contribution in [2.45, 2.75) is 6.92 Å². The number of fused-ring (bicyclic) bond motifs is 2. The first-order valence-corrected chi connectivity index (χ1v) is 9.87. The molecule has 0 aliphatic heterocycles. The number of carbonyl (C=O) groups is 1. The van der Waals surface area contributed by atoms with Gasteiger partial charge in [-0.1, -0.05) is 36.4 Å². The largest absolute Gasteiger partial charge is 0.448 e. The summed E-state index contributed by atoms with van der Waals surface area (Å²) in [5.41, 5.74) is 3.06. The molecule has 5 aromatic rings. The minimum atomic E-state index is -0.487. The van der Waals surface area contributed by atoms with Gasteiger partial charge in [-0.2, -0.15) is 0 Å². The van der Waals surface area contributed by atoms with Crippen molar-refractivity contribution < 1.29 is 13.6 Å². The van der Waals surface area contributed by atoms with Crippen LogP contribution < -0.4 is 5.32 Å². The minimum absolute atomic E-state index is 0.0922. The molecule has 5 rings (SSSR count). The molecule has 29 heavy (non-hydrogen) atoms. The Labute approximate surface area is 169 Å². The van der Waals surface area contributed by atoms with Crippen molar-refractivity contribution in [3.05, 3.63) is 83.9 Å². The van der Waals surface area contributed by atoms with Gasteiger partial charge >= 0.3 is 0 Å². The van der Waals surface area contributed by atoms with Gasteiger partial charge in [-0.3, -0.25) is 4.79 Å². The molecule has 0 unspecified atom stereocenters. The molecule has 2 aromatic heterocycles. The number of rotatable bonds is 3. The zero-order valence-electron chi connectivity index (χ0n) is 15.4. The molecular formula is C23H15FN2O2S. The third-order valence-electron chi connectivity index (χ3n) is 4.82. The molecule has 142 valence electrons. The molecule has 0 saturated heterocycles. The van der Waals surface area contributed by atoms with E-state index < -0.39 is 11.7 Å². The molecule has 0 radical (unpaired) electrons. The second kappa shape index (κ2) is 6.83. The highest BCUT2D eigenvalue weighted by Gasteiger charge is 2.21. The summed E-state index contributed by atoms with van der Waals surface area (Å²) in [6, 6.07) is 20.0. The highest BCUT2D eigenvalue weighted by Crippen LogP contribution is 2.35. The number of hydrogen-bond donors (Lipinski definition) is 1. The molecule has 3 aromatic carbocycles. The van der Waals surface area contributed by atoms with Crippen LogP contribution in [-0.2, 0) is 0 Å². The fourth-order valence-corrected chi connectivity index (χ4v) is 4.38. The lowest BCUT2D eigenvalue weighted by Gasteiger charge is -2.08. The van der Waals surface area contributed by atoms with Crippen molar-refractivity contribution in [1.29, 1.82) is 0 Å². The van der Waals surface area contributed by atoms with Gasteiger partial charge in [0.25, 0.3) is 5.91 Å². The molecule has 0 saturated carbocycles. The number of aromatic nitrogens is 1. The number of halogens is 1. The van der Waals surface area contributed by atoms with Gasteiger partial charge in [-0.25, -0.2) is 9.37 Å². The van der Waals surface area contributed by atoms with E-state index in [9.17, 15) is 9.18 Å². The van der Waals surface area contributed by atoms with Crippen molar-refractivity contribution in [1.82, 2.24) is 4.98 Å². The fourth-order valence-electron chi connectivity index (χ4n) is 3.37. The van der Waals surface area contributed by atoms with Crippen molar-refractivity contribution in [3.8, 4) is 10.6 Å². The first kappa shape index (κ1) is 17.6. The van der Waals surface area contributed by atoms with E-state index in [1.54, 1.807) is 30.4 Å². The fraction of sp³-hybridized carbons (Fsp3) is 0.0435. The summed E-state index contributed by atoms with van der Waals surface area (Å²) in [5.74, 6) is -0.810. The molecule has 0 spiro atoms. The summed E-state index contributed by atoms with van der Waals surface area (Å²) >= 11 is 1.56. The number of carbonyl (C=O) groups excluding carboxylic acids is 1. The Bertz CT molecular complexity index is 1350. The van der Waals surface area contributed by atoms with Crippen molar-refractivity contribution in [3.63, 3.8) is 0 Å². The molecule has 1 amide bonds. The van der Waals surface area contributed by atoms with Crippen molar-refractivity contribution in [2.75, 3.05) is 5.32 Å². The molecular weight excluding hydrogens is 387 g/mol. The maximum Gasteiger partial charge on any atom is 0.291 e. The maximum absolute atomic E-state index is 14.0. The Balaban J connectivity index is 1.54. The van der Waals surface area contributed by atoms with E-state index in [1.165, 1.54) is 6.07 Å². The van der Waals surface area contributed by atoms with Crippen LogP contribution in [0.2, 0.25) is 0 Å². The number of aryl methyl sites for hydroxylation is 1. The molecule has 0 bridgehead atoms. The molecule has 0 fully saturated rings. The molecule has 1 N–H and O–H groups in total. The summed E-state index contributed by atoms with van der Waals surface area (Å²) in [4.78, 5) is 17.6. The van der Waals surface area contributed by atoms with Crippen LogP contribution >= 0.6 is 11.3 Å². The number of anilines is 1. The zero-order valence-corrected chi connectivity index (χ0v) is 16.2. The number of hydrogen-bond acceptors (Lipinski definition) is 4. The Morgan fingerprint density at radius 3 is 2.66 bits per heavy atom. The quantitative estimate of drug-likeness (QED) is 0.379.